The largest absolute Gasteiger partial charge is 0.507 e. The lowest BCUT2D eigenvalue weighted by Gasteiger charge is -2.14. The van der Waals surface area contributed by atoms with Crippen molar-refractivity contribution < 1.29 is 28.2 Å². The smallest absolute Gasteiger partial charge is 0.416 e. The van der Waals surface area contributed by atoms with E-state index in [1.54, 1.807) is 6.92 Å². The normalized spacial score (nSPS) is 12.8. The summed E-state index contributed by atoms with van der Waals surface area (Å²) < 4.78 is 38.7. The number of carbonyl (C=O) groups is 1. The third-order valence-corrected chi connectivity index (χ3v) is 5.16. The molecular weight excluding hydrogens is 431 g/mol. The molecule has 4 N–H and O–H groups in total. The lowest BCUT2D eigenvalue weighted by Crippen LogP contribution is -2.39. The van der Waals surface area contributed by atoms with Crippen LogP contribution in [0, 0.1) is 6.92 Å². The fraction of sp³-hybridized carbons (Fsp3) is 0.222. The van der Waals surface area contributed by atoms with Crippen LogP contribution < -0.4 is 10.6 Å². The first kappa shape index (κ1) is 21.2. The van der Waals surface area contributed by atoms with Gasteiger partial charge in [0.15, 0.2) is 5.13 Å². The number of hydrogen-bond acceptors (Lipinski definition) is 6. The summed E-state index contributed by atoms with van der Waals surface area (Å²) in [6.07, 6.45) is -5.80. The number of halogens is 4. The van der Waals surface area contributed by atoms with Crippen molar-refractivity contribution in [2.24, 2.45) is 0 Å². The van der Waals surface area contributed by atoms with E-state index in [2.05, 4.69) is 15.6 Å². The van der Waals surface area contributed by atoms with Gasteiger partial charge in [-0.05, 0) is 42.8 Å². The molecule has 1 amide bonds. The number of anilines is 1. The molecule has 1 heterocycles. The van der Waals surface area contributed by atoms with Gasteiger partial charge in [0.2, 0.25) is 0 Å². The SMILES string of the molecule is Cc1cc(Cl)cc(C(=O)NC(O)CNc2nc3ccc(C(F)(F)F)cc3s2)c1O. The number of benzene rings is 2. The number of amides is 1. The number of hydrogen-bond donors (Lipinski definition) is 4. The van der Waals surface area contributed by atoms with Crippen LogP contribution in [-0.2, 0) is 6.18 Å². The number of nitrogens with one attached hydrogen (secondary N) is 2. The molecule has 29 heavy (non-hydrogen) atoms. The molecule has 0 aliphatic carbocycles. The molecule has 0 saturated heterocycles. The van der Waals surface area contributed by atoms with E-state index in [-0.39, 0.29) is 28.0 Å². The van der Waals surface area contributed by atoms with Crippen LogP contribution in [0.1, 0.15) is 21.5 Å². The maximum absolute atomic E-state index is 12.8. The monoisotopic (exact) mass is 445 g/mol. The average Bonchev–Trinajstić information content (AvgIpc) is 3.04. The minimum absolute atomic E-state index is 0.0892. The van der Waals surface area contributed by atoms with Crippen LogP contribution in [0.5, 0.6) is 5.75 Å². The molecule has 2 aromatic carbocycles. The third-order valence-electron chi connectivity index (χ3n) is 3.97. The van der Waals surface area contributed by atoms with Gasteiger partial charge in [0.05, 0.1) is 27.9 Å². The Bertz CT molecular complexity index is 1070. The zero-order valence-electron chi connectivity index (χ0n) is 14.8. The highest BCUT2D eigenvalue weighted by atomic mass is 35.5. The number of fused-ring (bicyclic) bond motifs is 1. The van der Waals surface area contributed by atoms with Crippen LogP contribution >= 0.6 is 22.9 Å². The van der Waals surface area contributed by atoms with E-state index in [0.29, 0.717) is 15.8 Å². The first-order valence-corrected chi connectivity index (χ1v) is 9.43. The Hall–Kier alpha value is -2.56. The van der Waals surface area contributed by atoms with Crippen LogP contribution in [0.3, 0.4) is 0 Å². The van der Waals surface area contributed by atoms with Gasteiger partial charge >= 0.3 is 6.18 Å². The van der Waals surface area contributed by atoms with Crippen molar-refractivity contribution in [1.82, 2.24) is 10.3 Å². The maximum Gasteiger partial charge on any atom is 0.416 e. The number of carbonyl (C=O) groups excluding carboxylic acids is 1. The number of aromatic hydroxyl groups is 1. The van der Waals surface area contributed by atoms with E-state index < -0.39 is 23.9 Å². The number of rotatable bonds is 5. The number of alkyl halides is 3. The van der Waals surface area contributed by atoms with E-state index in [0.717, 1.165) is 23.5 Å². The van der Waals surface area contributed by atoms with E-state index in [9.17, 15) is 28.2 Å². The number of nitrogens with zero attached hydrogens (tertiary/aromatic N) is 1. The predicted octanol–water partition coefficient (Wildman–Crippen LogP) is 4.14. The molecule has 0 aliphatic heterocycles. The molecule has 0 aliphatic rings. The predicted molar refractivity (Wildman–Crippen MR) is 104 cm³/mol. The van der Waals surface area contributed by atoms with Crippen LogP contribution in [-0.4, -0.2) is 33.9 Å². The minimum atomic E-state index is -4.45. The molecule has 1 unspecified atom stereocenters. The number of phenols is 1. The Morgan fingerprint density at radius 1 is 1.31 bits per heavy atom. The zero-order valence-corrected chi connectivity index (χ0v) is 16.4. The van der Waals surface area contributed by atoms with Gasteiger partial charge < -0.3 is 20.8 Å². The number of aliphatic hydroxyl groups excluding tert-OH is 1. The Morgan fingerprint density at radius 2 is 2.03 bits per heavy atom. The molecule has 0 fully saturated rings. The van der Waals surface area contributed by atoms with Crippen molar-refractivity contribution >= 4 is 44.2 Å². The standard InChI is InChI=1S/C18H15ClF3N3O3S/c1-8-4-10(19)6-11(15(8)27)16(28)25-14(26)7-23-17-24-12-3-2-9(18(20,21)22)5-13(12)29-17/h2-6,14,26-27H,7H2,1H3,(H,23,24)(H,25,28). The molecule has 1 aromatic heterocycles. The van der Waals surface area contributed by atoms with E-state index in [4.69, 9.17) is 11.6 Å². The van der Waals surface area contributed by atoms with E-state index in [1.165, 1.54) is 18.2 Å². The van der Waals surface area contributed by atoms with Crippen LogP contribution in [0.2, 0.25) is 5.02 Å². The molecule has 3 aromatic rings. The molecule has 154 valence electrons. The van der Waals surface area contributed by atoms with Gasteiger partial charge in [-0.25, -0.2) is 4.98 Å². The Balaban J connectivity index is 1.65. The Labute approximate surface area is 172 Å². The van der Waals surface area contributed by atoms with Gasteiger partial charge in [0.1, 0.15) is 12.0 Å². The van der Waals surface area contributed by atoms with Crippen LogP contribution in [0.15, 0.2) is 30.3 Å². The number of aryl methyl sites for hydroxylation is 1. The summed E-state index contributed by atoms with van der Waals surface area (Å²) in [6, 6.07) is 5.97. The summed E-state index contributed by atoms with van der Waals surface area (Å²) in [7, 11) is 0. The van der Waals surface area contributed by atoms with Crippen molar-refractivity contribution in [3.8, 4) is 5.75 Å². The Kier molecular flexibility index (Phi) is 5.87. The highest BCUT2D eigenvalue weighted by Gasteiger charge is 2.30. The first-order valence-electron chi connectivity index (χ1n) is 8.24. The second-order valence-corrected chi connectivity index (χ2v) is 7.66. The van der Waals surface area contributed by atoms with Gasteiger partial charge in [-0.3, -0.25) is 4.79 Å². The van der Waals surface area contributed by atoms with Crippen molar-refractivity contribution in [1.29, 1.82) is 0 Å². The van der Waals surface area contributed by atoms with Crippen LogP contribution in [0.4, 0.5) is 18.3 Å². The fourth-order valence-corrected chi connectivity index (χ4v) is 3.73. The van der Waals surface area contributed by atoms with Crippen LogP contribution in [0.25, 0.3) is 10.2 Å². The van der Waals surface area contributed by atoms with Gasteiger partial charge in [0.25, 0.3) is 5.91 Å². The van der Waals surface area contributed by atoms with Gasteiger partial charge in [-0.1, -0.05) is 22.9 Å². The van der Waals surface area contributed by atoms with E-state index in [1.807, 2.05) is 0 Å². The molecular formula is C18H15ClF3N3O3S. The molecule has 0 saturated carbocycles. The van der Waals surface area contributed by atoms with Crippen molar-refractivity contribution in [2.75, 3.05) is 11.9 Å². The molecule has 6 nitrogen and oxygen atoms in total. The number of thiazole rings is 1. The summed E-state index contributed by atoms with van der Waals surface area (Å²) in [5.74, 6) is -0.986. The second-order valence-electron chi connectivity index (χ2n) is 6.19. The fourth-order valence-electron chi connectivity index (χ4n) is 2.55. The minimum Gasteiger partial charge on any atom is -0.507 e. The van der Waals surface area contributed by atoms with Crippen molar-refractivity contribution in [2.45, 2.75) is 19.3 Å². The lowest BCUT2D eigenvalue weighted by atomic mass is 10.1. The molecule has 0 bridgehead atoms. The van der Waals surface area contributed by atoms with Gasteiger partial charge in [0, 0.05) is 5.02 Å². The Morgan fingerprint density at radius 3 is 2.72 bits per heavy atom. The summed E-state index contributed by atoms with van der Waals surface area (Å²) in [5, 5.41) is 25.6. The zero-order chi connectivity index (χ0) is 21.3. The summed E-state index contributed by atoms with van der Waals surface area (Å²) in [4.78, 5) is 16.4. The van der Waals surface area contributed by atoms with Gasteiger partial charge in [-0.15, -0.1) is 0 Å². The molecule has 11 heteroatoms. The molecule has 1 atom stereocenters. The van der Waals surface area contributed by atoms with E-state index >= 15 is 0 Å². The number of aliphatic hydroxyl groups is 1. The first-order chi connectivity index (χ1) is 13.5. The number of aromatic nitrogens is 1. The number of phenolic OH excluding ortho intramolecular Hbond substituents is 1. The molecule has 3 rings (SSSR count). The lowest BCUT2D eigenvalue weighted by molar-refractivity contribution is -0.137. The average molecular weight is 446 g/mol. The molecule has 0 spiro atoms. The van der Waals surface area contributed by atoms with Gasteiger partial charge in [-0.2, -0.15) is 13.2 Å². The summed E-state index contributed by atoms with van der Waals surface area (Å²) >= 11 is 6.87. The van der Waals surface area contributed by atoms with Crippen molar-refractivity contribution in [3.63, 3.8) is 0 Å². The molecule has 0 radical (unpaired) electrons. The van der Waals surface area contributed by atoms with Crippen molar-refractivity contribution in [3.05, 3.63) is 52.0 Å². The highest BCUT2D eigenvalue weighted by Crippen LogP contribution is 2.34. The highest BCUT2D eigenvalue weighted by molar-refractivity contribution is 7.22. The quantitative estimate of drug-likeness (QED) is 0.443. The second kappa shape index (κ2) is 8.05. The third kappa shape index (κ3) is 4.89. The maximum atomic E-state index is 12.8. The summed E-state index contributed by atoms with van der Waals surface area (Å²) in [6.45, 7) is 1.42. The summed E-state index contributed by atoms with van der Waals surface area (Å²) in [5.41, 5.74) is -0.0795. The topological polar surface area (TPSA) is 94.5 Å².